The first kappa shape index (κ1) is 18.9. The third-order valence-electron chi connectivity index (χ3n) is 4.25. The Labute approximate surface area is 158 Å². The van der Waals surface area contributed by atoms with Gasteiger partial charge in [-0.15, -0.1) is 0 Å². The number of carbonyl (C=O) groups excluding carboxylic acids is 4. The molecule has 0 aliphatic carbocycles. The maximum Gasteiger partial charge on any atom is 0.339 e. The first-order valence-corrected chi connectivity index (χ1v) is 8.19. The molecular formula is C19H14N2O7. The molecule has 0 spiro atoms. The molecular weight excluding hydrogens is 368 g/mol. The lowest BCUT2D eigenvalue weighted by Crippen LogP contribution is -2.42. The molecule has 0 unspecified atom stereocenters. The van der Waals surface area contributed by atoms with E-state index >= 15 is 0 Å². The second-order valence-electron chi connectivity index (χ2n) is 6.10. The largest absolute Gasteiger partial charge is 0.446 e. The highest BCUT2D eigenvalue weighted by molar-refractivity contribution is 6.42. The van der Waals surface area contributed by atoms with E-state index in [0.717, 1.165) is 0 Å². The van der Waals surface area contributed by atoms with Crippen molar-refractivity contribution in [2.75, 3.05) is 5.32 Å². The zero-order valence-corrected chi connectivity index (χ0v) is 14.6. The van der Waals surface area contributed by atoms with E-state index in [4.69, 9.17) is 4.74 Å². The van der Waals surface area contributed by atoms with Crippen LogP contribution in [0.15, 0.2) is 48.5 Å². The van der Waals surface area contributed by atoms with E-state index < -0.39 is 34.7 Å². The standard InChI is InChI=1S/C19H14N2O7/c1-10(22)11-5-4-6-12(9-11)20-18(24)16(23)15(21(26)27)17-13-7-2-3-8-14(13)19(25)28-17/h2-9,15,17H,1H3,(H,20,24)/t15-,17+/m1/s1. The van der Waals surface area contributed by atoms with E-state index in [9.17, 15) is 29.3 Å². The van der Waals surface area contributed by atoms with Crippen LogP contribution in [0.4, 0.5) is 5.69 Å². The lowest BCUT2D eigenvalue weighted by atomic mass is 9.97. The number of nitrogens with zero attached hydrogens (tertiary/aromatic N) is 1. The van der Waals surface area contributed by atoms with Crippen molar-refractivity contribution < 1.29 is 28.8 Å². The molecule has 1 heterocycles. The Morgan fingerprint density at radius 3 is 2.54 bits per heavy atom. The fourth-order valence-electron chi connectivity index (χ4n) is 2.89. The minimum absolute atomic E-state index is 0.113. The van der Waals surface area contributed by atoms with Crippen LogP contribution in [0, 0.1) is 10.1 Å². The maximum absolute atomic E-state index is 12.5. The Morgan fingerprint density at radius 1 is 1.14 bits per heavy atom. The van der Waals surface area contributed by atoms with Crippen LogP contribution in [-0.2, 0) is 14.3 Å². The SMILES string of the molecule is CC(=O)c1cccc(NC(=O)C(=O)[C@H]([C@H]2OC(=O)c3ccccc32)[N+](=O)[O-])c1. The number of hydrogen-bond acceptors (Lipinski definition) is 7. The van der Waals surface area contributed by atoms with Gasteiger partial charge in [0, 0.05) is 21.7 Å². The van der Waals surface area contributed by atoms with E-state index in [2.05, 4.69) is 5.32 Å². The summed E-state index contributed by atoms with van der Waals surface area (Å²) in [6.07, 6.45) is -1.50. The minimum Gasteiger partial charge on any atom is -0.446 e. The summed E-state index contributed by atoms with van der Waals surface area (Å²) in [5.74, 6) is -3.66. The van der Waals surface area contributed by atoms with Gasteiger partial charge in [0.2, 0.25) is 6.10 Å². The normalized spacial score (nSPS) is 15.9. The topological polar surface area (TPSA) is 133 Å². The molecule has 0 bridgehead atoms. The van der Waals surface area contributed by atoms with Gasteiger partial charge in [-0.1, -0.05) is 30.3 Å². The number of hydrogen-bond donors (Lipinski definition) is 1. The number of amides is 1. The number of anilines is 1. The average molecular weight is 382 g/mol. The molecule has 28 heavy (non-hydrogen) atoms. The maximum atomic E-state index is 12.5. The predicted molar refractivity (Wildman–Crippen MR) is 95.5 cm³/mol. The molecule has 1 aliphatic heterocycles. The van der Waals surface area contributed by atoms with Crippen LogP contribution < -0.4 is 5.32 Å². The van der Waals surface area contributed by atoms with Crippen molar-refractivity contribution in [2.45, 2.75) is 19.1 Å². The van der Waals surface area contributed by atoms with Gasteiger partial charge in [0.25, 0.3) is 11.7 Å². The highest BCUT2D eigenvalue weighted by Gasteiger charge is 2.49. The van der Waals surface area contributed by atoms with E-state index in [0.29, 0.717) is 5.56 Å². The average Bonchev–Trinajstić information content (AvgIpc) is 2.98. The smallest absolute Gasteiger partial charge is 0.339 e. The number of Topliss-reactive ketones (excluding diaryl/α,β-unsaturated/α-hetero) is 2. The fraction of sp³-hybridized carbons (Fsp3) is 0.158. The Kier molecular flexibility index (Phi) is 4.99. The number of ketones is 2. The first-order valence-electron chi connectivity index (χ1n) is 8.19. The van der Waals surface area contributed by atoms with Gasteiger partial charge in [-0.05, 0) is 25.1 Å². The van der Waals surface area contributed by atoms with Crippen molar-refractivity contribution in [1.29, 1.82) is 0 Å². The molecule has 2 atom stereocenters. The number of fused-ring (bicyclic) bond motifs is 1. The number of nitrogens with one attached hydrogen (secondary N) is 1. The molecule has 3 rings (SSSR count). The lowest BCUT2D eigenvalue weighted by Gasteiger charge is -2.15. The molecule has 0 saturated heterocycles. The quantitative estimate of drug-likeness (QED) is 0.265. The molecule has 1 N–H and O–H groups in total. The summed E-state index contributed by atoms with van der Waals surface area (Å²) in [5.41, 5.74) is 0.724. The molecule has 0 saturated carbocycles. The minimum atomic E-state index is -2.09. The summed E-state index contributed by atoms with van der Waals surface area (Å²) in [7, 11) is 0. The van der Waals surface area contributed by atoms with Gasteiger partial charge in [-0.3, -0.25) is 24.5 Å². The van der Waals surface area contributed by atoms with Gasteiger partial charge in [-0.25, -0.2) is 4.79 Å². The van der Waals surface area contributed by atoms with Gasteiger partial charge in [0.15, 0.2) is 5.78 Å². The van der Waals surface area contributed by atoms with Crippen molar-refractivity contribution in [3.05, 3.63) is 75.3 Å². The molecule has 0 fully saturated rings. The number of esters is 1. The third-order valence-corrected chi connectivity index (χ3v) is 4.25. The molecule has 0 radical (unpaired) electrons. The predicted octanol–water partition coefficient (Wildman–Crippen LogP) is 1.95. The first-order chi connectivity index (χ1) is 13.3. The highest BCUT2D eigenvalue weighted by Crippen LogP contribution is 2.34. The molecule has 1 aliphatic rings. The van der Waals surface area contributed by atoms with Crippen molar-refractivity contribution in [3.63, 3.8) is 0 Å². The number of nitro groups is 1. The fourth-order valence-corrected chi connectivity index (χ4v) is 2.89. The number of carbonyl (C=O) groups is 4. The Hall–Kier alpha value is -3.88. The van der Waals surface area contributed by atoms with Gasteiger partial charge >= 0.3 is 12.0 Å². The van der Waals surface area contributed by atoms with Crippen molar-refractivity contribution in [2.24, 2.45) is 0 Å². The van der Waals surface area contributed by atoms with Crippen LogP contribution in [0.3, 0.4) is 0 Å². The van der Waals surface area contributed by atoms with Gasteiger partial charge in [-0.2, -0.15) is 0 Å². The van der Waals surface area contributed by atoms with E-state index in [-0.39, 0.29) is 22.6 Å². The Bertz CT molecular complexity index is 1010. The van der Waals surface area contributed by atoms with Gasteiger partial charge < -0.3 is 10.1 Å². The summed E-state index contributed by atoms with van der Waals surface area (Å²) < 4.78 is 5.00. The second kappa shape index (κ2) is 7.39. The van der Waals surface area contributed by atoms with Crippen LogP contribution in [0.5, 0.6) is 0 Å². The van der Waals surface area contributed by atoms with Crippen LogP contribution in [0.25, 0.3) is 0 Å². The Morgan fingerprint density at radius 2 is 1.86 bits per heavy atom. The summed E-state index contributed by atoms with van der Waals surface area (Å²) in [4.78, 5) is 58.7. The number of rotatable bonds is 6. The number of benzene rings is 2. The molecule has 2 aromatic rings. The number of ether oxygens (including phenoxy) is 1. The van der Waals surface area contributed by atoms with E-state index in [1.54, 1.807) is 12.1 Å². The lowest BCUT2D eigenvalue weighted by molar-refractivity contribution is -0.518. The Balaban J connectivity index is 1.85. The molecule has 1 amide bonds. The molecule has 0 aromatic heterocycles. The second-order valence-corrected chi connectivity index (χ2v) is 6.10. The summed E-state index contributed by atoms with van der Waals surface area (Å²) in [6, 6.07) is 9.66. The molecule has 9 nitrogen and oxygen atoms in total. The zero-order valence-electron chi connectivity index (χ0n) is 14.6. The summed E-state index contributed by atoms with van der Waals surface area (Å²) in [5, 5.41) is 13.8. The molecule has 2 aromatic carbocycles. The van der Waals surface area contributed by atoms with Crippen LogP contribution in [0.1, 0.15) is 39.3 Å². The molecule has 9 heteroatoms. The highest BCUT2D eigenvalue weighted by atomic mass is 16.6. The van der Waals surface area contributed by atoms with Crippen LogP contribution in [0.2, 0.25) is 0 Å². The van der Waals surface area contributed by atoms with Crippen LogP contribution >= 0.6 is 0 Å². The van der Waals surface area contributed by atoms with Gasteiger partial charge in [0.05, 0.1) is 5.56 Å². The number of cyclic esters (lactones) is 1. The van der Waals surface area contributed by atoms with Crippen molar-refractivity contribution in [3.8, 4) is 0 Å². The zero-order chi connectivity index (χ0) is 20.4. The van der Waals surface area contributed by atoms with Crippen molar-refractivity contribution in [1.82, 2.24) is 0 Å². The third kappa shape index (κ3) is 3.50. The van der Waals surface area contributed by atoms with Gasteiger partial charge in [0.1, 0.15) is 0 Å². The van der Waals surface area contributed by atoms with Crippen LogP contribution in [-0.4, -0.2) is 34.4 Å². The van der Waals surface area contributed by atoms with E-state index in [1.165, 1.54) is 43.3 Å². The van der Waals surface area contributed by atoms with Crippen molar-refractivity contribution >= 4 is 29.1 Å². The summed E-state index contributed by atoms with van der Waals surface area (Å²) in [6.45, 7) is 1.33. The monoisotopic (exact) mass is 382 g/mol. The van der Waals surface area contributed by atoms with E-state index in [1.807, 2.05) is 0 Å². The molecule has 142 valence electrons. The summed E-state index contributed by atoms with van der Waals surface area (Å²) >= 11 is 0.